The minimum Gasteiger partial charge on any atom is -0.342 e. The molecule has 1 N–H and O–H groups in total. The molecule has 0 aromatic heterocycles. The molecule has 116 valence electrons. The Kier molecular flexibility index (Phi) is 6.37. The number of carbonyl (C=O) groups excluding carboxylic acids is 2. The van der Waals surface area contributed by atoms with Gasteiger partial charge in [0, 0.05) is 6.54 Å². The highest BCUT2D eigenvalue weighted by Crippen LogP contribution is 2.25. The number of hydrogen-bond acceptors (Lipinski definition) is 3. The van der Waals surface area contributed by atoms with Crippen molar-refractivity contribution in [2.24, 2.45) is 5.92 Å². The van der Waals surface area contributed by atoms with Gasteiger partial charge in [-0.2, -0.15) is 11.8 Å². The fourth-order valence-electron chi connectivity index (χ4n) is 2.43. The molecule has 20 heavy (non-hydrogen) atoms. The maximum atomic E-state index is 12.7. The Balaban J connectivity index is 2.79. The Morgan fingerprint density at radius 3 is 2.55 bits per heavy atom. The normalized spacial score (nSPS) is 23.6. The quantitative estimate of drug-likeness (QED) is 0.734. The molecule has 5 heteroatoms. The molecule has 0 bridgehead atoms. The second-order valence-electron chi connectivity index (χ2n) is 5.94. The van der Waals surface area contributed by atoms with E-state index in [9.17, 15) is 9.59 Å². The molecule has 2 unspecified atom stereocenters. The van der Waals surface area contributed by atoms with Crippen LogP contribution in [-0.2, 0) is 9.59 Å². The fourth-order valence-corrected chi connectivity index (χ4v) is 3.05. The van der Waals surface area contributed by atoms with Crippen LogP contribution in [0, 0.1) is 5.92 Å². The van der Waals surface area contributed by atoms with Gasteiger partial charge in [-0.05, 0) is 37.7 Å². The zero-order valence-corrected chi connectivity index (χ0v) is 14.2. The SMILES string of the molecule is CCSCCCN1C(=O)C(C(C)CC)NC(=O)C1(C)C. The van der Waals surface area contributed by atoms with Crippen molar-refractivity contribution in [1.29, 1.82) is 0 Å². The minimum atomic E-state index is -0.738. The number of nitrogens with one attached hydrogen (secondary N) is 1. The van der Waals surface area contributed by atoms with Gasteiger partial charge in [0.15, 0.2) is 0 Å². The molecule has 1 fully saturated rings. The second-order valence-corrected chi connectivity index (χ2v) is 7.33. The van der Waals surface area contributed by atoms with Crippen LogP contribution in [0.1, 0.15) is 47.5 Å². The summed E-state index contributed by atoms with van der Waals surface area (Å²) in [5, 5.41) is 2.90. The van der Waals surface area contributed by atoms with E-state index in [0.717, 1.165) is 24.3 Å². The van der Waals surface area contributed by atoms with Crippen molar-refractivity contribution in [2.45, 2.75) is 59.0 Å². The first-order chi connectivity index (χ1) is 9.36. The van der Waals surface area contributed by atoms with Crippen LogP contribution in [-0.4, -0.2) is 46.3 Å². The van der Waals surface area contributed by atoms with Gasteiger partial charge in [0.25, 0.3) is 0 Å². The van der Waals surface area contributed by atoms with Gasteiger partial charge in [0.1, 0.15) is 11.6 Å². The molecule has 4 nitrogen and oxygen atoms in total. The summed E-state index contributed by atoms with van der Waals surface area (Å²) in [5.41, 5.74) is -0.738. The van der Waals surface area contributed by atoms with E-state index in [4.69, 9.17) is 0 Å². The lowest BCUT2D eigenvalue weighted by Gasteiger charge is -2.45. The summed E-state index contributed by atoms with van der Waals surface area (Å²) in [7, 11) is 0. The fraction of sp³-hybridized carbons (Fsp3) is 0.867. The van der Waals surface area contributed by atoms with E-state index < -0.39 is 5.54 Å². The number of amides is 2. The lowest BCUT2D eigenvalue weighted by atomic mass is 9.89. The summed E-state index contributed by atoms with van der Waals surface area (Å²) in [5.74, 6) is 2.34. The van der Waals surface area contributed by atoms with Crippen molar-refractivity contribution in [3.05, 3.63) is 0 Å². The molecule has 1 aliphatic heterocycles. The third-order valence-electron chi connectivity index (χ3n) is 4.14. The van der Waals surface area contributed by atoms with Crippen LogP contribution in [0.25, 0.3) is 0 Å². The molecule has 0 aromatic rings. The largest absolute Gasteiger partial charge is 0.342 e. The minimum absolute atomic E-state index is 0.0365. The molecular weight excluding hydrogens is 272 g/mol. The summed E-state index contributed by atoms with van der Waals surface area (Å²) >= 11 is 1.87. The average molecular weight is 300 g/mol. The highest BCUT2D eigenvalue weighted by atomic mass is 32.2. The van der Waals surface area contributed by atoms with Crippen LogP contribution >= 0.6 is 11.8 Å². The number of carbonyl (C=O) groups is 2. The summed E-state index contributed by atoms with van der Waals surface area (Å²) in [6, 6.07) is -0.362. The van der Waals surface area contributed by atoms with Crippen LogP contribution in [0.15, 0.2) is 0 Å². The summed E-state index contributed by atoms with van der Waals surface area (Å²) < 4.78 is 0. The van der Waals surface area contributed by atoms with Crippen LogP contribution in [0.3, 0.4) is 0 Å². The van der Waals surface area contributed by atoms with Crippen molar-refractivity contribution >= 4 is 23.6 Å². The van der Waals surface area contributed by atoms with E-state index in [1.54, 1.807) is 4.90 Å². The van der Waals surface area contributed by atoms with Crippen LogP contribution < -0.4 is 5.32 Å². The van der Waals surface area contributed by atoms with Gasteiger partial charge in [-0.25, -0.2) is 0 Å². The molecule has 1 rings (SSSR count). The Morgan fingerprint density at radius 1 is 1.35 bits per heavy atom. The van der Waals surface area contributed by atoms with Crippen molar-refractivity contribution in [3.8, 4) is 0 Å². The second kappa shape index (κ2) is 7.34. The van der Waals surface area contributed by atoms with Gasteiger partial charge >= 0.3 is 0 Å². The average Bonchev–Trinajstić information content (AvgIpc) is 2.41. The number of nitrogens with zero attached hydrogens (tertiary/aromatic N) is 1. The molecule has 0 aliphatic carbocycles. The standard InChI is InChI=1S/C15H28N2O2S/c1-6-11(3)12-13(18)17(9-8-10-20-7-2)15(4,5)14(19)16-12/h11-12H,6-10H2,1-5H3,(H,16,19). The third-order valence-corrected chi connectivity index (χ3v) is 5.12. The number of piperazine rings is 1. The zero-order valence-electron chi connectivity index (χ0n) is 13.4. The third kappa shape index (κ3) is 3.68. The first kappa shape index (κ1) is 17.3. The summed E-state index contributed by atoms with van der Waals surface area (Å²) in [6.07, 6.45) is 1.82. The van der Waals surface area contributed by atoms with Crippen molar-refractivity contribution < 1.29 is 9.59 Å². The first-order valence-electron chi connectivity index (χ1n) is 7.56. The van der Waals surface area contributed by atoms with Gasteiger partial charge in [-0.15, -0.1) is 0 Å². The Hall–Kier alpha value is -0.710. The Bertz CT molecular complexity index is 358. The van der Waals surface area contributed by atoms with Gasteiger partial charge in [0.05, 0.1) is 0 Å². The maximum Gasteiger partial charge on any atom is 0.246 e. The molecule has 0 saturated carbocycles. The summed E-state index contributed by atoms with van der Waals surface area (Å²) in [4.78, 5) is 26.7. The predicted octanol–water partition coefficient (Wildman–Crippen LogP) is 2.28. The van der Waals surface area contributed by atoms with Crippen molar-refractivity contribution in [1.82, 2.24) is 10.2 Å². The molecule has 0 radical (unpaired) electrons. The van der Waals surface area contributed by atoms with E-state index in [-0.39, 0.29) is 23.8 Å². The van der Waals surface area contributed by atoms with Crippen molar-refractivity contribution in [2.75, 3.05) is 18.1 Å². The Morgan fingerprint density at radius 2 is 2.00 bits per heavy atom. The number of thioether (sulfide) groups is 1. The topological polar surface area (TPSA) is 49.4 Å². The lowest BCUT2D eigenvalue weighted by molar-refractivity contribution is -0.156. The Labute approximate surface area is 127 Å². The van der Waals surface area contributed by atoms with Crippen LogP contribution in [0.4, 0.5) is 0 Å². The number of hydrogen-bond donors (Lipinski definition) is 1. The summed E-state index contributed by atoms with van der Waals surface area (Å²) in [6.45, 7) is 10.5. The van der Waals surface area contributed by atoms with Crippen molar-refractivity contribution in [3.63, 3.8) is 0 Å². The van der Waals surface area contributed by atoms with E-state index in [1.165, 1.54) is 0 Å². The van der Waals surface area contributed by atoms with Crippen LogP contribution in [0.2, 0.25) is 0 Å². The zero-order chi connectivity index (χ0) is 15.3. The van der Waals surface area contributed by atoms with Gasteiger partial charge in [-0.3, -0.25) is 9.59 Å². The molecular formula is C15H28N2O2S. The van der Waals surface area contributed by atoms with E-state index in [0.29, 0.717) is 6.54 Å². The van der Waals surface area contributed by atoms with Gasteiger partial charge in [-0.1, -0.05) is 27.2 Å². The van der Waals surface area contributed by atoms with E-state index in [1.807, 2.05) is 39.5 Å². The van der Waals surface area contributed by atoms with Crippen LogP contribution in [0.5, 0.6) is 0 Å². The lowest BCUT2D eigenvalue weighted by Crippen LogP contribution is -2.69. The molecule has 0 aromatic carbocycles. The van der Waals surface area contributed by atoms with E-state index in [2.05, 4.69) is 12.2 Å². The van der Waals surface area contributed by atoms with E-state index >= 15 is 0 Å². The molecule has 1 saturated heterocycles. The van der Waals surface area contributed by atoms with Gasteiger partial charge < -0.3 is 10.2 Å². The highest BCUT2D eigenvalue weighted by molar-refractivity contribution is 7.99. The molecule has 1 heterocycles. The van der Waals surface area contributed by atoms with Gasteiger partial charge in [0.2, 0.25) is 11.8 Å². The predicted molar refractivity (Wildman–Crippen MR) is 84.8 cm³/mol. The smallest absolute Gasteiger partial charge is 0.246 e. The molecule has 0 spiro atoms. The molecule has 1 aliphatic rings. The maximum absolute atomic E-state index is 12.7. The highest BCUT2D eigenvalue weighted by Gasteiger charge is 2.46. The molecule has 2 amide bonds. The molecule has 2 atom stereocenters. The number of rotatable bonds is 7. The monoisotopic (exact) mass is 300 g/mol. The first-order valence-corrected chi connectivity index (χ1v) is 8.71.